The van der Waals surface area contributed by atoms with Gasteiger partial charge in [0.25, 0.3) is 0 Å². The summed E-state index contributed by atoms with van der Waals surface area (Å²) in [4.78, 5) is 12.4. The SMILES string of the molecule is COC1=C(O)c2c(O)c(O)c(O)c3c(C)cc(O)c(c23)C1=O. The van der Waals surface area contributed by atoms with Gasteiger partial charge in [-0.05, 0) is 18.6 Å². The number of rotatable bonds is 1. The number of carbonyl (C=O) groups is 1. The summed E-state index contributed by atoms with van der Waals surface area (Å²) < 4.78 is 4.83. The molecule has 0 saturated heterocycles. The Morgan fingerprint density at radius 1 is 0.909 bits per heavy atom. The first kappa shape index (κ1) is 13.9. The van der Waals surface area contributed by atoms with Crippen LogP contribution in [0.4, 0.5) is 0 Å². The van der Waals surface area contributed by atoms with E-state index < -0.39 is 34.6 Å². The van der Waals surface area contributed by atoms with Crippen molar-refractivity contribution in [1.29, 1.82) is 0 Å². The molecule has 0 bridgehead atoms. The summed E-state index contributed by atoms with van der Waals surface area (Å²) >= 11 is 0. The second-order valence-corrected chi connectivity index (χ2v) is 4.97. The lowest BCUT2D eigenvalue weighted by Gasteiger charge is -2.22. The predicted molar refractivity (Wildman–Crippen MR) is 76.2 cm³/mol. The Labute approximate surface area is 123 Å². The molecular formula is C15H12O7. The largest absolute Gasteiger partial charge is 0.507 e. The first-order chi connectivity index (χ1) is 10.3. The quantitative estimate of drug-likeness (QED) is 0.510. The summed E-state index contributed by atoms with van der Waals surface area (Å²) in [5.41, 5.74) is -0.154. The van der Waals surface area contributed by atoms with Crippen molar-refractivity contribution >= 4 is 22.3 Å². The number of methoxy groups -OCH3 is 1. The summed E-state index contributed by atoms with van der Waals surface area (Å²) in [6.07, 6.45) is 0. The number of aryl methyl sites for hydroxylation is 1. The highest BCUT2D eigenvalue weighted by atomic mass is 16.5. The van der Waals surface area contributed by atoms with Crippen LogP contribution in [0.2, 0.25) is 0 Å². The number of phenols is 4. The van der Waals surface area contributed by atoms with Crippen molar-refractivity contribution in [2.75, 3.05) is 7.11 Å². The number of benzene rings is 2. The first-order valence-corrected chi connectivity index (χ1v) is 6.26. The van der Waals surface area contributed by atoms with Crippen LogP contribution in [0.3, 0.4) is 0 Å². The Kier molecular flexibility index (Phi) is 2.65. The van der Waals surface area contributed by atoms with E-state index in [1.807, 2.05) is 0 Å². The van der Waals surface area contributed by atoms with E-state index in [1.165, 1.54) is 13.0 Å². The third kappa shape index (κ3) is 1.42. The number of aliphatic hydroxyl groups excluding tert-OH is 1. The monoisotopic (exact) mass is 304 g/mol. The van der Waals surface area contributed by atoms with Crippen LogP contribution in [-0.2, 0) is 4.74 Å². The molecule has 0 saturated carbocycles. The Balaban J connectivity index is 2.70. The zero-order valence-corrected chi connectivity index (χ0v) is 11.6. The van der Waals surface area contributed by atoms with Crippen molar-refractivity contribution < 1.29 is 35.1 Å². The lowest BCUT2D eigenvalue weighted by molar-refractivity contribution is 0.0947. The fraction of sp³-hybridized carbons (Fsp3) is 0.133. The van der Waals surface area contributed by atoms with E-state index in [-0.39, 0.29) is 27.6 Å². The van der Waals surface area contributed by atoms with Gasteiger partial charge in [-0.15, -0.1) is 0 Å². The van der Waals surface area contributed by atoms with Gasteiger partial charge in [-0.3, -0.25) is 4.79 Å². The van der Waals surface area contributed by atoms with Crippen LogP contribution >= 0.6 is 0 Å². The molecule has 0 heterocycles. The topological polar surface area (TPSA) is 127 Å². The molecule has 0 atom stereocenters. The van der Waals surface area contributed by atoms with Crippen molar-refractivity contribution in [3.05, 3.63) is 28.5 Å². The van der Waals surface area contributed by atoms with Gasteiger partial charge in [0.2, 0.25) is 17.3 Å². The van der Waals surface area contributed by atoms with Gasteiger partial charge >= 0.3 is 0 Å². The van der Waals surface area contributed by atoms with E-state index >= 15 is 0 Å². The molecule has 3 rings (SSSR count). The lowest BCUT2D eigenvalue weighted by atomic mass is 9.86. The van der Waals surface area contributed by atoms with Gasteiger partial charge in [0.05, 0.1) is 18.2 Å². The molecule has 7 heteroatoms. The highest BCUT2D eigenvalue weighted by Crippen LogP contribution is 2.52. The summed E-state index contributed by atoms with van der Waals surface area (Å²) in [5, 5.41) is 50.2. The maximum absolute atomic E-state index is 12.4. The standard InChI is InChI=1S/C15H12O7/c1-4-3-5(16)7-8-6(4)10(17)14(21)11(18)9(8)13(20)15(22-2)12(7)19/h3,16-18,20-21H,1-2H3. The third-order valence-corrected chi connectivity index (χ3v) is 3.77. The highest BCUT2D eigenvalue weighted by Gasteiger charge is 2.36. The third-order valence-electron chi connectivity index (χ3n) is 3.77. The average Bonchev–Trinajstić information content (AvgIpc) is 2.44. The number of hydrogen-bond acceptors (Lipinski definition) is 7. The molecule has 1 aliphatic rings. The van der Waals surface area contributed by atoms with Crippen molar-refractivity contribution in [3.8, 4) is 23.0 Å². The summed E-state index contributed by atoms with van der Waals surface area (Å²) in [6.45, 7) is 1.54. The first-order valence-electron chi connectivity index (χ1n) is 6.26. The fourth-order valence-electron chi connectivity index (χ4n) is 2.81. The Morgan fingerprint density at radius 3 is 2.14 bits per heavy atom. The molecule has 2 aromatic carbocycles. The van der Waals surface area contributed by atoms with Crippen LogP contribution in [0.5, 0.6) is 23.0 Å². The number of aromatic hydroxyl groups is 4. The molecule has 5 N–H and O–H groups in total. The molecule has 0 aromatic heterocycles. The van der Waals surface area contributed by atoms with Crippen molar-refractivity contribution in [2.24, 2.45) is 0 Å². The average molecular weight is 304 g/mol. The van der Waals surface area contributed by atoms with Crippen LogP contribution in [0.25, 0.3) is 16.5 Å². The number of allylic oxidation sites excluding steroid dienone is 1. The summed E-state index contributed by atoms with van der Waals surface area (Å²) in [7, 11) is 1.15. The minimum atomic E-state index is -0.835. The molecule has 2 aromatic rings. The minimum absolute atomic E-state index is 0.0476. The Hall–Kier alpha value is -3.09. The summed E-state index contributed by atoms with van der Waals surface area (Å²) in [6, 6.07) is 1.24. The van der Waals surface area contributed by atoms with Crippen molar-refractivity contribution in [1.82, 2.24) is 0 Å². The van der Waals surface area contributed by atoms with Crippen LogP contribution in [0.15, 0.2) is 11.8 Å². The zero-order valence-electron chi connectivity index (χ0n) is 11.6. The van der Waals surface area contributed by atoms with Crippen LogP contribution in [0.1, 0.15) is 21.5 Å². The van der Waals surface area contributed by atoms with Gasteiger partial charge in [0.15, 0.2) is 17.3 Å². The van der Waals surface area contributed by atoms with Crippen molar-refractivity contribution in [3.63, 3.8) is 0 Å². The van der Waals surface area contributed by atoms with Gasteiger partial charge in [-0.2, -0.15) is 0 Å². The maximum atomic E-state index is 12.4. The molecule has 0 fully saturated rings. The molecule has 0 aliphatic heterocycles. The normalized spacial score (nSPS) is 13.8. The van der Waals surface area contributed by atoms with Crippen LogP contribution < -0.4 is 0 Å². The molecule has 0 spiro atoms. The highest BCUT2D eigenvalue weighted by molar-refractivity contribution is 6.26. The van der Waals surface area contributed by atoms with E-state index in [0.29, 0.717) is 5.56 Å². The maximum Gasteiger partial charge on any atom is 0.235 e. The number of hydrogen-bond donors (Lipinski definition) is 5. The van der Waals surface area contributed by atoms with Crippen LogP contribution in [-0.4, -0.2) is 38.4 Å². The molecule has 0 radical (unpaired) electrons. The van der Waals surface area contributed by atoms with E-state index in [0.717, 1.165) is 7.11 Å². The zero-order chi connectivity index (χ0) is 16.3. The van der Waals surface area contributed by atoms with E-state index in [2.05, 4.69) is 0 Å². The smallest absolute Gasteiger partial charge is 0.235 e. The second-order valence-electron chi connectivity index (χ2n) is 4.97. The van der Waals surface area contributed by atoms with Gasteiger partial charge in [0, 0.05) is 10.8 Å². The lowest BCUT2D eigenvalue weighted by Crippen LogP contribution is -2.15. The van der Waals surface area contributed by atoms with Gasteiger partial charge in [-0.1, -0.05) is 0 Å². The molecule has 22 heavy (non-hydrogen) atoms. The van der Waals surface area contributed by atoms with Gasteiger partial charge in [-0.25, -0.2) is 0 Å². The molecule has 114 valence electrons. The van der Waals surface area contributed by atoms with Gasteiger partial charge in [0.1, 0.15) is 5.75 Å². The molecule has 0 amide bonds. The fourth-order valence-corrected chi connectivity index (χ4v) is 2.81. The van der Waals surface area contributed by atoms with E-state index in [1.54, 1.807) is 0 Å². The van der Waals surface area contributed by atoms with Crippen molar-refractivity contribution in [2.45, 2.75) is 6.92 Å². The molecule has 1 aliphatic carbocycles. The number of ether oxygens (including phenoxy) is 1. The molecule has 7 nitrogen and oxygen atoms in total. The van der Waals surface area contributed by atoms with E-state index in [4.69, 9.17) is 4.74 Å². The minimum Gasteiger partial charge on any atom is -0.507 e. The Morgan fingerprint density at radius 2 is 1.55 bits per heavy atom. The molecular weight excluding hydrogens is 292 g/mol. The van der Waals surface area contributed by atoms with Crippen LogP contribution in [0, 0.1) is 6.92 Å². The number of Topliss-reactive ketones (excluding diaryl/α,β-unsaturated/α-hetero) is 1. The Bertz CT molecular complexity index is 893. The summed E-state index contributed by atoms with van der Waals surface area (Å²) in [5.74, 6) is -4.62. The number of aliphatic hydroxyl groups is 1. The number of phenolic OH excluding ortho intramolecular Hbond substituents is 4. The van der Waals surface area contributed by atoms with Gasteiger partial charge < -0.3 is 30.3 Å². The predicted octanol–water partition coefficient (Wildman–Crippen LogP) is 2.04. The van der Waals surface area contributed by atoms with E-state index in [9.17, 15) is 30.3 Å². The second kappa shape index (κ2) is 4.20. The number of ketones is 1. The molecule has 0 unspecified atom stereocenters. The number of carbonyl (C=O) groups excluding carboxylic acids is 1.